The van der Waals surface area contributed by atoms with Crippen LogP contribution in [0.5, 0.6) is 11.5 Å². The van der Waals surface area contributed by atoms with Gasteiger partial charge in [-0.15, -0.1) is 0 Å². The number of aryl methyl sites for hydroxylation is 1. The second-order valence-corrected chi connectivity index (χ2v) is 10.1. The van der Waals surface area contributed by atoms with E-state index >= 15 is 0 Å². The summed E-state index contributed by atoms with van der Waals surface area (Å²) < 4.78 is 12.2. The number of carbonyl (C=O) groups excluding carboxylic acids is 2. The number of carbonyl (C=O) groups is 2. The van der Waals surface area contributed by atoms with Gasteiger partial charge in [0.05, 0.1) is 0 Å². The van der Waals surface area contributed by atoms with Gasteiger partial charge in [-0.1, -0.05) is 12.1 Å². The van der Waals surface area contributed by atoms with E-state index in [1.807, 2.05) is 60.6 Å². The van der Waals surface area contributed by atoms with Gasteiger partial charge >= 0.3 is 0 Å². The van der Waals surface area contributed by atoms with Crippen LogP contribution in [0.1, 0.15) is 73.4 Å². The Kier molecular flexibility index (Phi) is 7.55. The zero-order valence-corrected chi connectivity index (χ0v) is 20.7. The molecule has 0 spiro atoms. The zero-order valence-electron chi connectivity index (χ0n) is 20.7. The average molecular weight is 438 g/mol. The predicted molar refractivity (Wildman–Crippen MR) is 130 cm³/mol. The SMILES string of the molecule is Cc1cc(/C=C\C(=O)c2ccc(C(=O)N(C)C)cc2)c(OC(C)(C)C)cc1OC(C)(C)C. The van der Waals surface area contributed by atoms with Crippen LogP contribution in [-0.4, -0.2) is 41.9 Å². The molecule has 0 radical (unpaired) electrons. The number of amides is 1. The predicted octanol–water partition coefficient (Wildman–Crippen LogP) is 5.95. The molecule has 0 heterocycles. The first kappa shape index (κ1) is 25.2. The first-order valence-corrected chi connectivity index (χ1v) is 10.7. The van der Waals surface area contributed by atoms with E-state index in [0.717, 1.165) is 16.9 Å². The van der Waals surface area contributed by atoms with E-state index < -0.39 is 5.60 Å². The van der Waals surface area contributed by atoms with Crippen molar-refractivity contribution in [3.8, 4) is 11.5 Å². The number of ketones is 1. The first-order valence-electron chi connectivity index (χ1n) is 10.7. The molecule has 0 atom stereocenters. The van der Waals surface area contributed by atoms with E-state index in [0.29, 0.717) is 16.9 Å². The molecule has 1 amide bonds. The van der Waals surface area contributed by atoms with Crippen LogP contribution in [0.4, 0.5) is 0 Å². The third kappa shape index (κ3) is 7.26. The van der Waals surface area contributed by atoms with Crippen LogP contribution in [0.3, 0.4) is 0 Å². The van der Waals surface area contributed by atoms with Gasteiger partial charge in [0.15, 0.2) is 5.78 Å². The highest BCUT2D eigenvalue weighted by atomic mass is 16.5. The minimum Gasteiger partial charge on any atom is -0.488 e. The normalized spacial score (nSPS) is 12.0. The van der Waals surface area contributed by atoms with Crippen molar-refractivity contribution in [3.63, 3.8) is 0 Å². The lowest BCUT2D eigenvalue weighted by Crippen LogP contribution is -2.25. The molecule has 0 fully saturated rings. The molecular weight excluding hydrogens is 402 g/mol. The molecule has 0 aliphatic rings. The molecule has 0 N–H and O–H groups in total. The van der Waals surface area contributed by atoms with Gasteiger partial charge in [0.25, 0.3) is 5.91 Å². The highest BCUT2D eigenvalue weighted by molar-refractivity contribution is 6.07. The van der Waals surface area contributed by atoms with Gasteiger partial charge in [-0.25, -0.2) is 0 Å². The van der Waals surface area contributed by atoms with Crippen LogP contribution in [0.25, 0.3) is 6.08 Å². The summed E-state index contributed by atoms with van der Waals surface area (Å²) in [6.45, 7) is 13.9. The second-order valence-electron chi connectivity index (χ2n) is 10.1. The van der Waals surface area contributed by atoms with Gasteiger partial charge in [0.1, 0.15) is 22.7 Å². The lowest BCUT2D eigenvalue weighted by molar-refractivity contribution is 0.0827. The molecule has 32 heavy (non-hydrogen) atoms. The molecule has 5 nitrogen and oxygen atoms in total. The monoisotopic (exact) mass is 437 g/mol. The Balaban J connectivity index is 2.34. The molecule has 2 aromatic rings. The fourth-order valence-corrected chi connectivity index (χ4v) is 2.98. The Bertz CT molecular complexity index is 1000. The fraction of sp³-hybridized carbons (Fsp3) is 0.407. The van der Waals surface area contributed by atoms with Gasteiger partial charge in [0.2, 0.25) is 0 Å². The Labute approximate surface area is 192 Å². The van der Waals surface area contributed by atoms with E-state index in [4.69, 9.17) is 9.47 Å². The molecule has 0 saturated carbocycles. The van der Waals surface area contributed by atoms with Crippen molar-refractivity contribution in [2.24, 2.45) is 0 Å². The lowest BCUT2D eigenvalue weighted by Gasteiger charge is -2.26. The van der Waals surface area contributed by atoms with Crippen molar-refractivity contribution in [2.45, 2.75) is 59.7 Å². The summed E-state index contributed by atoms with van der Waals surface area (Å²) in [5.41, 5.74) is 2.07. The van der Waals surface area contributed by atoms with Gasteiger partial charge < -0.3 is 14.4 Å². The van der Waals surface area contributed by atoms with E-state index in [2.05, 4.69) is 0 Å². The van der Waals surface area contributed by atoms with Gasteiger partial charge in [0, 0.05) is 36.9 Å². The van der Waals surface area contributed by atoms with Crippen molar-refractivity contribution in [3.05, 3.63) is 64.7 Å². The van der Waals surface area contributed by atoms with Crippen molar-refractivity contribution in [1.29, 1.82) is 0 Å². The molecule has 0 aliphatic heterocycles. The topological polar surface area (TPSA) is 55.8 Å². The largest absolute Gasteiger partial charge is 0.488 e. The minimum absolute atomic E-state index is 0.100. The molecule has 0 saturated heterocycles. The molecule has 5 heteroatoms. The number of ether oxygens (including phenoxy) is 2. The Morgan fingerprint density at radius 1 is 0.812 bits per heavy atom. The molecule has 0 aromatic heterocycles. The highest BCUT2D eigenvalue weighted by Crippen LogP contribution is 2.34. The molecule has 172 valence electrons. The fourth-order valence-electron chi connectivity index (χ4n) is 2.98. The summed E-state index contributed by atoms with van der Waals surface area (Å²) in [5.74, 6) is 1.15. The van der Waals surface area contributed by atoms with Crippen molar-refractivity contribution < 1.29 is 19.1 Å². The maximum Gasteiger partial charge on any atom is 0.253 e. The summed E-state index contributed by atoms with van der Waals surface area (Å²) >= 11 is 0. The van der Waals surface area contributed by atoms with Gasteiger partial charge in [-0.2, -0.15) is 0 Å². The van der Waals surface area contributed by atoms with Crippen LogP contribution < -0.4 is 9.47 Å². The van der Waals surface area contributed by atoms with Crippen molar-refractivity contribution in [2.75, 3.05) is 14.1 Å². The molecule has 2 aromatic carbocycles. The van der Waals surface area contributed by atoms with E-state index in [1.165, 1.54) is 11.0 Å². The van der Waals surface area contributed by atoms with Crippen LogP contribution in [0.15, 0.2) is 42.5 Å². The third-order valence-electron chi connectivity index (χ3n) is 4.38. The Hall–Kier alpha value is -3.08. The van der Waals surface area contributed by atoms with Crippen LogP contribution in [0.2, 0.25) is 0 Å². The third-order valence-corrected chi connectivity index (χ3v) is 4.38. The molecule has 0 unspecified atom stereocenters. The smallest absolute Gasteiger partial charge is 0.253 e. The standard InChI is InChI=1S/C27H35NO4/c1-18-16-21(24(32-27(5,6)7)17-23(18)31-26(2,3)4)14-15-22(29)19-10-12-20(13-11-19)25(30)28(8)9/h10-17H,1-9H3/b15-14-. The number of hydrogen-bond donors (Lipinski definition) is 0. The van der Waals surface area contributed by atoms with E-state index in [-0.39, 0.29) is 17.3 Å². The van der Waals surface area contributed by atoms with Crippen molar-refractivity contribution >= 4 is 17.8 Å². The quantitative estimate of drug-likeness (QED) is 0.414. The maximum absolute atomic E-state index is 12.7. The van der Waals surface area contributed by atoms with Crippen LogP contribution in [0, 0.1) is 6.92 Å². The zero-order chi connectivity index (χ0) is 24.3. The number of nitrogens with zero attached hydrogens (tertiary/aromatic N) is 1. The first-order chi connectivity index (χ1) is 14.7. The lowest BCUT2D eigenvalue weighted by atomic mass is 10.0. The molecule has 0 aliphatic carbocycles. The average Bonchev–Trinajstić information content (AvgIpc) is 2.66. The molecule has 2 rings (SSSR count). The summed E-state index contributed by atoms with van der Waals surface area (Å²) in [4.78, 5) is 26.3. The van der Waals surface area contributed by atoms with Gasteiger partial charge in [-0.3, -0.25) is 9.59 Å². The molecule has 0 bridgehead atoms. The maximum atomic E-state index is 12.7. The summed E-state index contributed by atoms with van der Waals surface area (Å²) in [5, 5.41) is 0. The van der Waals surface area contributed by atoms with Crippen LogP contribution in [-0.2, 0) is 0 Å². The minimum atomic E-state index is -0.407. The second kappa shape index (κ2) is 9.60. The Morgan fingerprint density at radius 2 is 1.31 bits per heavy atom. The van der Waals surface area contributed by atoms with Crippen LogP contribution >= 0.6 is 0 Å². The summed E-state index contributed by atoms with van der Waals surface area (Å²) in [6, 6.07) is 10.5. The van der Waals surface area contributed by atoms with E-state index in [1.54, 1.807) is 44.4 Å². The summed E-state index contributed by atoms with van der Waals surface area (Å²) in [7, 11) is 3.39. The van der Waals surface area contributed by atoms with Crippen molar-refractivity contribution in [1.82, 2.24) is 4.90 Å². The number of hydrogen-bond acceptors (Lipinski definition) is 4. The Morgan fingerprint density at radius 3 is 1.81 bits per heavy atom. The number of rotatable bonds is 6. The number of benzene rings is 2. The molecular formula is C27H35NO4. The highest BCUT2D eigenvalue weighted by Gasteiger charge is 2.19. The van der Waals surface area contributed by atoms with E-state index in [9.17, 15) is 9.59 Å². The van der Waals surface area contributed by atoms with Gasteiger partial charge in [-0.05, 0) is 84.4 Å². The summed E-state index contributed by atoms with van der Waals surface area (Å²) in [6.07, 6.45) is 3.29. The number of allylic oxidation sites excluding steroid dienone is 1.